The molecular weight excluding hydrogens is 262 g/mol. The Balaban J connectivity index is 2.25. The first kappa shape index (κ1) is 16.3. The van der Waals surface area contributed by atoms with Crippen LogP contribution in [0, 0.1) is 5.41 Å². The molecule has 2 N–H and O–H groups in total. The van der Waals surface area contributed by atoms with Crippen molar-refractivity contribution in [1.82, 2.24) is 0 Å². The zero-order valence-corrected chi connectivity index (χ0v) is 13.8. The molecule has 0 radical (unpaired) electrons. The molecule has 0 aromatic heterocycles. The Kier molecular flexibility index (Phi) is 4.95. The Hall–Kier alpha value is -1.06. The highest BCUT2D eigenvalue weighted by Gasteiger charge is 2.43. The molecule has 1 unspecified atom stereocenters. The van der Waals surface area contributed by atoms with E-state index in [9.17, 15) is 0 Å². The monoisotopic (exact) mass is 291 g/mol. The van der Waals surface area contributed by atoms with E-state index in [2.05, 4.69) is 26.8 Å². The van der Waals surface area contributed by atoms with Crippen LogP contribution in [-0.4, -0.2) is 19.3 Å². The number of benzene rings is 1. The van der Waals surface area contributed by atoms with Gasteiger partial charge in [-0.3, -0.25) is 0 Å². The fraction of sp³-hybridized carbons (Fsp3) is 0.667. The number of nitrogens with two attached hydrogens (primary N) is 1. The average molecular weight is 291 g/mol. The molecule has 1 aliphatic rings. The molecule has 1 saturated carbocycles. The zero-order chi connectivity index (χ0) is 15.5. The van der Waals surface area contributed by atoms with Gasteiger partial charge in [-0.1, -0.05) is 26.0 Å². The lowest BCUT2D eigenvalue weighted by molar-refractivity contribution is -0.100. The molecule has 2 rings (SSSR count). The Morgan fingerprint density at radius 1 is 1.19 bits per heavy atom. The first-order valence-corrected chi connectivity index (χ1v) is 7.96. The second kappa shape index (κ2) is 6.37. The lowest BCUT2D eigenvalue weighted by atomic mass is 9.67. The minimum Gasteiger partial charge on any atom is -0.497 e. The van der Waals surface area contributed by atoms with Crippen molar-refractivity contribution in [3.8, 4) is 5.75 Å². The third-order valence-electron chi connectivity index (χ3n) is 4.90. The number of ether oxygens (including phenoxy) is 2. The normalized spacial score (nSPS) is 21.8. The van der Waals surface area contributed by atoms with Crippen LogP contribution in [0.4, 0.5) is 0 Å². The van der Waals surface area contributed by atoms with Crippen molar-refractivity contribution in [2.75, 3.05) is 13.7 Å². The molecule has 3 heteroatoms. The summed E-state index contributed by atoms with van der Waals surface area (Å²) in [5.74, 6) is 0.853. The lowest BCUT2D eigenvalue weighted by Crippen LogP contribution is -2.48. The minimum atomic E-state index is -0.239. The Bertz CT molecular complexity index is 460. The van der Waals surface area contributed by atoms with E-state index in [0.29, 0.717) is 12.0 Å². The summed E-state index contributed by atoms with van der Waals surface area (Å²) in [7, 11) is 1.69. The maximum absolute atomic E-state index is 6.62. The molecule has 1 fully saturated rings. The van der Waals surface area contributed by atoms with Crippen LogP contribution in [0.3, 0.4) is 0 Å². The van der Waals surface area contributed by atoms with Gasteiger partial charge in [0.1, 0.15) is 5.75 Å². The van der Waals surface area contributed by atoms with Crippen molar-refractivity contribution in [1.29, 1.82) is 0 Å². The molecule has 1 aromatic carbocycles. The number of rotatable bonds is 5. The van der Waals surface area contributed by atoms with Crippen molar-refractivity contribution in [3.05, 3.63) is 29.8 Å². The highest BCUT2D eigenvalue weighted by Crippen LogP contribution is 2.47. The van der Waals surface area contributed by atoms with Gasteiger partial charge in [0.15, 0.2) is 0 Å². The molecule has 118 valence electrons. The third kappa shape index (κ3) is 3.58. The fourth-order valence-electron chi connectivity index (χ4n) is 3.32. The van der Waals surface area contributed by atoms with Crippen LogP contribution >= 0.6 is 0 Å². The van der Waals surface area contributed by atoms with Crippen LogP contribution in [0.5, 0.6) is 5.75 Å². The second-order valence-corrected chi connectivity index (χ2v) is 6.92. The van der Waals surface area contributed by atoms with Crippen molar-refractivity contribution < 1.29 is 9.47 Å². The van der Waals surface area contributed by atoms with E-state index in [0.717, 1.165) is 37.0 Å². The molecule has 1 aliphatic carbocycles. The Morgan fingerprint density at radius 3 is 2.43 bits per heavy atom. The van der Waals surface area contributed by atoms with E-state index in [1.54, 1.807) is 7.11 Å². The van der Waals surface area contributed by atoms with E-state index in [1.165, 1.54) is 0 Å². The van der Waals surface area contributed by atoms with Gasteiger partial charge in [-0.2, -0.15) is 0 Å². The summed E-state index contributed by atoms with van der Waals surface area (Å²) < 4.78 is 11.5. The van der Waals surface area contributed by atoms with E-state index in [4.69, 9.17) is 15.2 Å². The smallest absolute Gasteiger partial charge is 0.119 e. The topological polar surface area (TPSA) is 44.5 Å². The summed E-state index contributed by atoms with van der Waals surface area (Å²) in [6.07, 6.45) is 4.35. The predicted octanol–water partition coefficient (Wildman–Crippen LogP) is 4.07. The van der Waals surface area contributed by atoms with E-state index in [1.807, 2.05) is 18.2 Å². The van der Waals surface area contributed by atoms with Gasteiger partial charge >= 0.3 is 0 Å². The van der Waals surface area contributed by atoms with Crippen molar-refractivity contribution in [2.24, 2.45) is 11.1 Å². The van der Waals surface area contributed by atoms with Gasteiger partial charge in [0, 0.05) is 6.61 Å². The summed E-state index contributed by atoms with van der Waals surface area (Å²) in [6, 6.07) is 7.95. The number of methoxy groups -OCH3 is 1. The highest BCUT2D eigenvalue weighted by atomic mass is 16.5. The highest BCUT2D eigenvalue weighted by molar-refractivity contribution is 5.32. The average Bonchev–Trinajstić information content (AvgIpc) is 2.49. The van der Waals surface area contributed by atoms with E-state index < -0.39 is 0 Å². The maximum atomic E-state index is 6.62. The van der Waals surface area contributed by atoms with Gasteiger partial charge in [0.2, 0.25) is 0 Å². The van der Waals surface area contributed by atoms with Crippen LogP contribution in [0.2, 0.25) is 0 Å². The minimum absolute atomic E-state index is 0.108. The Morgan fingerprint density at radius 2 is 1.86 bits per heavy atom. The molecule has 1 aromatic rings. The summed E-state index contributed by atoms with van der Waals surface area (Å²) in [5.41, 5.74) is 7.88. The van der Waals surface area contributed by atoms with Gasteiger partial charge in [0.05, 0.1) is 18.8 Å². The molecule has 0 heterocycles. The van der Waals surface area contributed by atoms with Crippen LogP contribution in [-0.2, 0) is 4.74 Å². The van der Waals surface area contributed by atoms with E-state index in [-0.39, 0.29) is 11.6 Å². The number of hydrogen-bond acceptors (Lipinski definition) is 3. The molecule has 0 saturated heterocycles. The molecule has 0 spiro atoms. The second-order valence-electron chi connectivity index (χ2n) is 6.92. The van der Waals surface area contributed by atoms with Gasteiger partial charge < -0.3 is 15.2 Å². The van der Waals surface area contributed by atoms with Gasteiger partial charge in [0.25, 0.3) is 0 Å². The molecule has 3 nitrogen and oxygen atoms in total. The summed E-state index contributed by atoms with van der Waals surface area (Å²) in [5, 5.41) is 0. The summed E-state index contributed by atoms with van der Waals surface area (Å²) in [6.45, 7) is 7.43. The Labute approximate surface area is 128 Å². The molecule has 0 amide bonds. The molecule has 1 atom stereocenters. The fourth-order valence-corrected chi connectivity index (χ4v) is 3.32. The van der Waals surface area contributed by atoms with E-state index >= 15 is 0 Å². The van der Waals surface area contributed by atoms with Gasteiger partial charge in [-0.25, -0.2) is 0 Å². The van der Waals surface area contributed by atoms with Gasteiger partial charge in [-0.05, 0) is 55.7 Å². The standard InChI is InChI=1S/C18H29NO2/c1-5-21-18(11-9-17(2,3)10-12-18)16(19)14-7-6-8-15(13-14)20-4/h6-8,13,16H,5,9-12,19H2,1-4H3. The largest absolute Gasteiger partial charge is 0.497 e. The van der Waals surface area contributed by atoms with Crippen molar-refractivity contribution in [3.63, 3.8) is 0 Å². The molecule has 21 heavy (non-hydrogen) atoms. The molecule has 0 aliphatic heterocycles. The van der Waals surface area contributed by atoms with Crippen LogP contribution in [0.25, 0.3) is 0 Å². The maximum Gasteiger partial charge on any atom is 0.119 e. The van der Waals surface area contributed by atoms with Crippen molar-refractivity contribution in [2.45, 2.75) is 58.1 Å². The quantitative estimate of drug-likeness (QED) is 0.889. The van der Waals surface area contributed by atoms with Crippen LogP contribution < -0.4 is 10.5 Å². The van der Waals surface area contributed by atoms with Crippen LogP contribution in [0.1, 0.15) is 58.1 Å². The molecular formula is C18H29NO2. The first-order valence-electron chi connectivity index (χ1n) is 7.96. The summed E-state index contributed by atoms with van der Waals surface area (Å²) in [4.78, 5) is 0. The summed E-state index contributed by atoms with van der Waals surface area (Å²) >= 11 is 0. The number of hydrogen-bond donors (Lipinski definition) is 1. The first-order chi connectivity index (χ1) is 9.92. The SMILES string of the molecule is CCOC1(C(N)c2cccc(OC)c2)CCC(C)(C)CC1. The molecule has 0 bridgehead atoms. The van der Waals surface area contributed by atoms with Crippen molar-refractivity contribution >= 4 is 0 Å². The predicted molar refractivity (Wildman–Crippen MR) is 86.5 cm³/mol. The third-order valence-corrected chi connectivity index (χ3v) is 4.90. The zero-order valence-electron chi connectivity index (χ0n) is 13.8. The lowest BCUT2D eigenvalue weighted by Gasteiger charge is -2.46. The van der Waals surface area contributed by atoms with Gasteiger partial charge in [-0.15, -0.1) is 0 Å². The van der Waals surface area contributed by atoms with Crippen LogP contribution in [0.15, 0.2) is 24.3 Å².